The number of aromatic carboxylic acids is 1. The Bertz CT molecular complexity index is 680. The quantitative estimate of drug-likeness (QED) is 0.793. The van der Waals surface area contributed by atoms with Crippen molar-refractivity contribution in [1.82, 2.24) is 9.80 Å². The number of aliphatic hydroxyl groups excluding tert-OH is 1. The average molecular weight is 364 g/mol. The van der Waals surface area contributed by atoms with Crippen LogP contribution in [0.3, 0.4) is 0 Å². The predicted octanol–water partition coefficient (Wildman–Crippen LogP) is 0.301. The first-order chi connectivity index (χ1) is 12.5. The third kappa shape index (κ3) is 3.98. The Hall–Kier alpha value is -2.16. The largest absolute Gasteiger partial charge is 0.497 e. The van der Waals surface area contributed by atoms with Crippen molar-refractivity contribution < 1.29 is 29.3 Å². The Labute approximate surface area is 151 Å². The van der Waals surface area contributed by atoms with Crippen molar-refractivity contribution in [2.24, 2.45) is 0 Å². The molecule has 2 saturated heterocycles. The van der Waals surface area contributed by atoms with E-state index in [1.165, 1.54) is 19.2 Å². The van der Waals surface area contributed by atoms with Crippen LogP contribution in [0.5, 0.6) is 5.75 Å². The van der Waals surface area contributed by atoms with Crippen LogP contribution < -0.4 is 4.74 Å². The fraction of sp³-hybridized carbons (Fsp3) is 0.556. The van der Waals surface area contributed by atoms with Gasteiger partial charge in [0.05, 0.1) is 38.0 Å². The standard InChI is InChI=1S/C18H24N2O6/c1-25-14-8-12(7-13(9-14)18(23)24)17(22)20-4-2-3-19(5-6-20)15-10-26-11-16(15)21/h7-9,15-16,21H,2-6,10-11H2,1H3,(H,23,24)/t15-,16-/m0/s1. The normalized spacial score (nSPS) is 24.3. The van der Waals surface area contributed by atoms with Crippen molar-refractivity contribution in [3.05, 3.63) is 29.3 Å². The summed E-state index contributed by atoms with van der Waals surface area (Å²) >= 11 is 0. The molecule has 0 bridgehead atoms. The molecule has 2 aliphatic rings. The van der Waals surface area contributed by atoms with Gasteiger partial charge in [-0.3, -0.25) is 9.69 Å². The van der Waals surface area contributed by atoms with Gasteiger partial charge in [-0.15, -0.1) is 0 Å². The first-order valence-corrected chi connectivity index (χ1v) is 8.71. The Morgan fingerprint density at radius 2 is 1.88 bits per heavy atom. The lowest BCUT2D eigenvalue weighted by atomic mass is 10.1. The summed E-state index contributed by atoms with van der Waals surface area (Å²) in [4.78, 5) is 28.0. The van der Waals surface area contributed by atoms with E-state index in [2.05, 4.69) is 4.90 Å². The van der Waals surface area contributed by atoms with E-state index in [9.17, 15) is 19.8 Å². The lowest BCUT2D eigenvalue weighted by Crippen LogP contribution is -2.45. The zero-order valence-corrected chi connectivity index (χ0v) is 14.8. The van der Waals surface area contributed by atoms with Gasteiger partial charge in [0.15, 0.2) is 0 Å². The van der Waals surface area contributed by atoms with Gasteiger partial charge in [-0.1, -0.05) is 0 Å². The molecule has 8 nitrogen and oxygen atoms in total. The lowest BCUT2D eigenvalue weighted by molar-refractivity contribution is 0.0696. The number of methoxy groups -OCH3 is 1. The van der Waals surface area contributed by atoms with Crippen LogP contribution in [0.4, 0.5) is 0 Å². The number of carbonyl (C=O) groups is 2. The van der Waals surface area contributed by atoms with Gasteiger partial charge in [0.2, 0.25) is 0 Å². The van der Waals surface area contributed by atoms with Gasteiger partial charge in [-0.25, -0.2) is 4.79 Å². The van der Waals surface area contributed by atoms with Gasteiger partial charge >= 0.3 is 5.97 Å². The van der Waals surface area contributed by atoms with E-state index in [-0.39, 0.29) is 17.5 Å². The highest BCUT2D eigenvalue weighted by molar-refractivity contribution is 5.98. The molecule has 8 heteroatoms. The summed E-state index contributed by atoms with van der Waals surface area (Å²) < 4.78 is 10.4. The van der Waals surface area contributed by atoms with Crippen LogP contribution in [-0.4, -0.2) is 90.5 Å². The second-order valence-corrected chi connectivity index (χ2v) is 6.61. The van der Waals surface area contributed by atoms with Gasteiger partial charge in [0, 0.05) is 31.7 Å². The zero-order chi connectivity index (χ0) is 18.7. The molecular formula is C18H24N2O6. The van der Waals surface area contributed by atoms with Crippen LogP contribution in [0.25, 0.3) is 0 Å². The van der Waals surface area contributed by atoms with E-state index in [0.717, 1.165) is 13.0 Å². The molecule has 0 aromatic heterocycles. The fourth-order valence-corrected chi connectivity index (χ4v) is 3.50. The maximum absolute atomic E-state index is 12.9. The molecule has 3 rings (SSSR count). The highest BCUT2D eigenvalue weighted by Crippen LogP contribution is 2.21. The number of carboxylic acid groups (broad SMARTS) is 1. The van der Waals surface area contributed by atoms with Crippen LogP contribution >= 0.6 is 0 Å². The maximum atomic E-state index is 12.9. The number of benzene rings is 1. The molecule has 1 aromatic rings. The molecule has 0 aliphatic carbocycles. The van der Waals surface area contributed by atoms with E-state index >= 15 is 0 Å². The Balaban J connectivity index is 1.72. The van der Waals surface area contributed by atoms with Gasteiger partial charge in [0.25, 0.3) is 5.91 Å². The monoisotopic (exact) mass is 364 g/mol. The van der Waals surface area contributed by atoms with Gasteiger partial charge in [-0.2, -0.15) is 0 Å². The predicted molar refractivity (Wildman–Crippen MR) is 92.7 cm³/mol. The number of rotatable bonds is 4. The summed E-state index contributed by atoms with van der Waals surface area (Å²) in [5.74, 6) is -0.970. The minimum absolute atomic E-state index is 0.0235. The number of aliphatic hydroxyl groups is 1. The number of carboxylic acids is 1. The number of hydrogen-bond donors (Lipinski definition) is 2. The maximum Gasteiger partial charge on any atom is 0.335 e. The van der Waals surface area contributed by atoms with Gasteiger partial charge in [-0.05, 0) is 24.6 Å². The molecule has 2 N–H and O–H groups in total. The Morgan fingerprint density at radius 3 is 2.54 bits per heavy atom. The average Bonchev–Trinajstić information content (AvgIpc) is 2.92. The van der Waals surface area contributed by atoms with Crippen molar-refractivity contribution >= 4 is 11.9 Å². The third-order valence-electron chi connectivity index (χ3n) is 4.94. The Kier molecular flexibility index (Phi) is 5.75. The molecule has 1 amide bonds. The van der Waals surface area contributed by atoms with Crippen LogP contribution in [0.2, 0.25) is 0 Å². The molecule has 0 radical (unpaired) electrons. The van der Waals surface area contributed by atoms with E-state index in [4.69, 9.17) is 9.47 Å². The SMILES string of the molecule is COc1cc(C(=O)O)cc(C(=O)N2CCCN([C@H]3COC[C@@H]3O)CC2)c1. The van der Waals surface area contributed by atoms with E-state index in [1.807, 2.05) is 0 Å². The molecule has 2 aliphatic heterocycles. The molecule has 1 aromatic carbocycles. The number of amides is 1. The van der Waals surface area contributed by atoms with Crippen molar-refractivity contribution in [3.63, 3.8) is 0 Å². The first kappa shape index (κ1) is 18.6. The highest BCUT2D eigenvalue weighted by Gasteiger charge is 2.33. The summed E-state index contributed by atoms with van der Waals surface area (Å²) in [6.45, 7) is 3.39. The van der Waals surface area contributed by atoms with Crippen molar-refractivity contribution in [3.8, 4) is 5.75 Å². The minimum Gasteiger partial charge on any atom is -0.497 e. The first-order valence-electron chi connectivity index (χ1n) is 8.71. The van der Waals surface area contributed by atoms with E-state index in [1.54, 1.807) is 11.0 Å². The molecule has 26 heavy (non-hydrogen) atoms. The van der Waals surface area contributed by atoms with Crippen molar-refractivity contribution in [1.29, 1.82) is 0 Å². The third-order valence-corrected chi connectivity index (χ3v) is 4.94. The number of ether oxygens (including phenoxy) is 2. The number of nitrogens with zero attached hydrogens (tertiary/aromatic N) is 2. The van der Waals surface area contributed by atoms with Crippen LogP contribution in [-0.2, 0) is 4.74 Å². The minimum atomic E-state index is -1.10. The summed E-state index contributed by atoms with van der Waals surface area (Å²) in [6, 6.07) is 4.31. The van der Waals surface area contributed by atoms with Crippen molar-refractivity contribution in [2.45, 2.75) is 18.6 Å². The summed E-state index contributed by atoms with van der Waals surface area (Å²) in [6.07, 6.45) is 0.291. The smallest absolute Gasteiger partial charge is 0.335 e. The molecule has 0 unspecified atom stereocenters. The molecular weight excluding hydrogens is 340 g/mol. The number of hydrogen-bond acceptors (Lipinski definition) is 6. The number of carbonyl (C=O) groups excluding carboxylic acids is 1. The second-order valence-electron chi connectivity index (χ2n) is 6.61. The van der Waals surface area contributed by atoms with Crippen molar-refractivity contribution in [2.75, 3.05) is 46.5 Å². The Morgan fingerprint density at radius 1 is 1.12 bits per heavy atom. The van der Waals surface area contributed by atoms with E-state index < -0.39 is 12.1 Å². The van der Waals surface area contributed by atoms with Crippen LogP contribution in [0.1, 0.15) is 27.1 Å². The van der Waals surface area contributed by atoms with Gasteiger partial charge < -0.3 is 24.6 Å². The summed E-state index contributed by atoms with van der Waals surface area (Å²) in [5.41, 5.74) is 0.329. The molecule has 142 valence electrons. The molecule has 2 fully saturated rings. The van der Waals surface area contributed by atoms with Crippen LogP contribution in [0, 0.1) is 0 Å². The summed E-state index contributed by atoms with van der Waals surface area (Å²) in [5, 5.41) is 19.2. The molecule has 2 heterocycles. The van der Waals surface area contributed by atoms with Crippen LogP contribution in [0.15, 0.2) is 18.2 Å². The molecule has 0 spiro atoms. The summed E-state index contributed by atoms with van der Waals surface area (Å²) in [7, 11) is 1.44. The topological polar surface area (TPSA) is 99.5 Å². The lowest BCUT2D eigenvalue weighted by Gasteiger charge is -2.28. The van der Waals surface area contributed by atoms with Gasteiger partial charge in [0.1, 0.15) is 5.75 Å². The molecule has 2 atom stereocenters. The fourth-order valence-electron chi connectivity index (χ4n) is 3.50. The van der Waals surface area contributed by atoms with E-state index in [0.29, 0.717) is 44.2 Å². The molecule has 0 saturated carbocycles. The highest BCUT2D eigenvalue weighted by atomic mass is 16.5. The second kappa shape index (κ2) is 8.03. The zero-order valence-electron chi connectivity index (χ0n) is 14.8.